The van der Waals surface area contributed by atoms with Crippen LogP contribution in [-0.2, 0) is 17.8 Å². The Bertz CT molecular complexity index is 782. The highest BCUT2D eigenvalue weighted by Crippen LogP contribution is 2.35. The molecule has 120 valence electrons. The molecular formula is C15H14Cl2N4O2. The molecule has 0 unspecified atom stereocenters. The van der Waals surface area contributed by atoms with Crippen molar-refractivity contribution in [2.45, 2.75) is 20.0 Å². The first kappa shape index (κ1) is 15.8. The highest BCUT2D eigenvalue weighted by Gasteiger charge is 2.29. The molecule has 0 atom stereocenters. The van der Waals surface area contributed by atoms with Gasteiger partial charge in [-0.25, -0.2) is 14.8 Å². The minimum absolute atomic E-state index is 0.135. The molecule has 2 N–H and O–H groups in total. The average Bonchev–Trinajstić information content (AvgIpc) is 2.91. The molecule has 1 amide bonds. The third-order valence-electron chi connectivity index (χ3n) is 3.51. The Morgan fingerprint density at radius 3 is 2.83 bits per heavy atom. The molecule has 0 aliphatic carbocycles. The largest absolute Gasteiger partial charge is 0.450 e. The van der Waals surface area contributed by atoms with Gasteiger partial charge in [0.2, 0.25) is 5.95 Å². The molecule has 0 saturated heterocycles. The van der Waals surface area contributed by atoms with Gasteiger partial charge in [-0.3, -0.25) is 4.90 Å². The number of hydrogen-bond acceptors (Lipinski definition) is 5. The molecule has 1 aromatic heterocycles. The van der Waals surface area contributed by atoms with Crippen molar-refractivity contribution < 1.29 is 9.53 Å². The van der Waals surface area contributed by atoms with Gasteiger partial charge in [-0.05, 0) is 25.1 Å². The van der Waals surface area contributed by atoms with E-state index in [1.54, 1.807) is 30.0 Å². The van der Waals surface area contributed by atoms with E-state index >= 15 is 0 Å². The van der Waals surface area contributed by atoms with Crippen molar-refractivity contribution in [3.05, 3.63) is 39.5 Å². The topological polar surface area (TPSA) is 81.3 Å². The summed E-state index contributed by atoms with van der Waals surface area (Å²) in [5.41, 5.74) is 8.63. The number of anilines is 1. The SMILES string of the molecule is CCOC(=O)N1Cc2nc(N)nc(-c3ccc(Cl)cc3Cl)c2C1. The predicted molar refractivity (Wildman–Crippen MR) is 88.2 cm³/mol. The van der Waals surface area contributed by atoms with Gasteiger partial charge in [0, 0.05) is 16.1 Å². The van der Waals surface area contributed by atoms with Gasteiger partial charge < -0.3 is 10.5 Å². The van der Waals surface area contributed by atoms with Crippen molar-refractivity contribution >= 4 is 35.2 Å². The molecule has 1 aliphatic rings. The number of nitrogen functional groups attached to an aromatic ring is 1. The summed E-state index contributed by atoms with van der Waals surface area (Å²) >= 11 is 12.2. The van der Waals surface area contributed by atoms with Crippen LogP contribution in [-0.4, -0.2) is 27.6 Å². The Morgan fingerprint density at radius 1 is 1.35 bits per heavy atom. The first-order chi connectivity index (χ1) is 11.0. The second kappa shape index (κ2) is 6.22. The van der Waals surface area contributed by atoms with Crippen LogP contribution in [0.1, 0.15) is 18.2 Å². The van der Waals surface area contributed by atoms with E-state index in [2.05, 4.69) is 9.97 Å². The molecule has 0 radical (unpaired) electrons. The van der Waals surface area contributed by atoms with E-state index in [0.717, 1.165) is 5.56 Å². The average molecular weight is 353 g/mol. The molecule has 8 heteroatoms. The van der Waals surface area contributed by atoms with Crippen LogP contribution in [0.3, 0.4) is 0 Å². The Balaban J connectivity index is 2.04. The lowest BCUT2D eigenvalue weighted by molar-refractivity contribution is 0.106. The molecule has 23 heavy (non-hydrogen) atoms. The van der Waals surface area contributed by atoms with Crippen molar-refractivity contribution in [3.8, 4) is 11.3 Å². The minimum Gasteiger partial charge on any atom is -0.450 e. The van der Waals surface area contributed by atoms with Crippen LogP contribution in [0.4, 0.5) is 10.7 Å². The number of benzene rings is 1. The summed E-state index contributed by atoms with van der Waals surface area (Å²) in [4.78, 5) is 22.0. The summed E-state index contributed by atoms with van der Waals surface area (Å²) in [7, 11) is 0. The Morgan fingerprint density at radius 2 is 2.13 bits per heavy atom. The van der Waals surface area contributed by atoms with Gasteiger partial charge in [0.05, 0.1) is 36.1 Å². The zero-order chi connectivity index (χ0) is 16.6. The van der Waals surface area contributed by atoms with Crippen molar-refractivity contribution in [1.29, 1.82) is 0 Å². The van der Waals surface area contributed by atoms with Gasteiger partial charge in [-0.15, -0.1) is 0 Å². The van der Waals surface area contributed by atoms with Gasteiger partial charge in [0.1, 0.15) is 0 Å². The van der Waals surface area contributed by atoms with Crippen LogP contribution in [0.5, 0.6) is 0 Å². The molecule has 0 bridgehead atoms. The maximum absolute atomic E-state index is 11.9. The quantitative estimate of drug-likeness (QED) is 0.894. The van der Waals surface area contributed by atoms with Crippen molar-refractivity contribution in [3.63, 3.8) is 0 Å². The van der Waals surface area contributed by atoms with Gasteiger partial charge in [0.25, 0.3) is 0 Å². The fourth-order valence-corrected chi connectivity index (χ4v) is 3.02. The van der Waals surface area contributed by atoms with E-state index in [0.29, 0.717) is 46.7 Å². The summed E-state index contributed by atoms with van der Waals surface area (Å²) in [6.45, 7) is 2.76. The third-order valence-corrected chi connectivity index (χ3v) is 4.06. The van der Waals surface area contributed by atoms with Gasteiger partial charge in [-0.1, -0.05) is 23.2 Å². The van der Waals surface area contributed by atoms with Crippen LogP contribution >= 0.6 is 23.2 Å². The Hall–Kier alpha value is -2.05. The second-order valence-electron chi connectivity index (χ2n) is 5.03. The lowest BCUT2D eigenvalue weighted by Gasteiger charge is -2.14. The highest BCUT2D eigenvalue weighted by molar-refractivity contribution is 6.36. The summed E-state index contributed by atoms with van der Waals surface area (Å²) in [6, 6.07) is 5.15. The molecular weight excluding hydrogens is 339 g/mol. The minimum atomic E-state index is -0.391. The van der Waals surface area contributed by atoms with Gasteiger partial charge >= 0.3 is 6.09 Å². The number of amides is 1. The fraction of sp³-hybridized carbons (Fsp3) is 0.267. The number of carbonyl (C=O) groups excluding carboxylic acids is 1. The molecule has 1 aromatic carbocycles. The standard InChI is InChI=1S/C15H14Cl2N4O2/c1-2-23-15(22)21-6-10-12(7-21)19-14(18)20-13(10)9-4-3-8(16)5-11(9)17/h3-5H,2,6-7H2,1H3,(H2,18,19,20). The van der Waals surface area contributed by atoms with Crippen LogP contribution in [0.2, 0.25) is 10.0 Å². The zero-order valence-corrected chi connectivity index (χ0v) is 13.9. The lowest BCUT2D eigenvalue weighted by Crippen LogP contribution is -2.26. The van der Waals surface area contributed by atoms with Crippen molar-refractivity contribution in [2.24, 2.45) is 0 Å². The van der Waals surface area contributed by atoms with E-state index in [9.17, 15) is 4.79 Å². The molecule has 0 spiro atoms. The van der Waals surface area contributed by atoms with Crippen LogP contribution in [0.15, 0.2) is 18.2 Å². The Kier molecular flexibility index (Phi) is 4.28. The fourth-order valence-electron chi connectivity index (χ4n) is 2.52. The number of nitrogens with two attached hydrogens (primary N) is 1. The van der Waals surface area contributed by atoms with Crippen LogP contribution in [0.25, 0.3) is 11.3 Å². The summed E-state index contributed by atoms with van der Waals surface area (Å²) in [5, 5.41) is 0.998. The highest BCUT2D eigenvalue weighted by atomic mass is 35.5. The third kappa shape index (κ3) is 3.04. The predicted octanol–water partition coefficient (Wildman–Crippen LogP) is 3.50. The zero-order valence-electron chi connectivity index (χ0n) is 12.3. The molecule has 0 fully saturated rings. The first-order valence-electron chi connectivity index (χ1n) is 7.02. The Labute approximate surface area is 143 Å². The number of ether oxygens (including phenoxy) is 1. The van der Waals surface area contributed by atoms with Crippen LogP contribution in [0, 0.1) is 0 Å². The normalized spacial score (nSPS) is 13.1. The second-order valence-corrected chi connectivity index (χ2v) is 5.88. The van der Waals surface area contributed by atoms with Crippen molar-refractivity contribution in [2.75, 3.05) is 12.3 Å². The van der Waals surface area contributed by atoms with E-state index in [1.807, 2.05) is 0 Å². The summed E-state index contributed by atoms with van der Waals surface area (Å²) in [5.74, 6) is 0.135. The van der Waals surface area contributed by atoms with Gasteiger partial charge in [0.15, 0.2) is 0 Å². The maximum Gasteiger partial charge on any atom is 0.410 e. The smallest absolute Gasteiger partial charge is 0.410 e. The molecule has 3 rings (SSSR count). The number of fused-ring (bicyclic) bond motifs is 1. The number of aromatic nitrogens is 2. The van der Waals surface area contributed by atoms with Gasteiger partial charge in [-0.2, -0.15) is 0 Å². The van der Waals surface area contributed by atoms with E-state index in [-0.39, 0.29) is 5.95 Å². The first-order valence-corrected chi connectivity index (χ1v) is 7.77. The van der Waals surface area contributed by atoms with Crippen molar-refractivity contribution in [1.82, 2.24) is 14.9 Å². The number of nitrogens with zero attached hydrogens (tertiary/aromatic N) is 3. The van der Waals surface area contributed by atoms with E-state index < -0.39 is 6.09 Å². The number of hydrogen-bond donors (Lipinski definition) is 1. The number of halogens is 2. The maximum atomic E-state index is 11.9. The lowest BCUT2D eigenvalue weighted by atomic mass is 10.1. The molecule has 2 aromatic rings. The summed E-state index contributed by atoms with van der Waals surface area (Å²) < 4.78 is 5.04. The molecule has 6 nitrogen and oxygen atoms in total. The molecule has 2 heterocycles. The number of carbonyl (C=O) groups is 1. The number of rotatable bonds is 2. The molecule has 0 saturated carbocycles. The molecule has 1 aliphatic heterocycles. The van der Waals surface area contributed by atoms with Crippen LogP contribution < -0.4 is 5.73 Å². The van der Waals surface area contributed by atoms with E-state index in [1.165, 1.54) is 0 Å². The summed E-state index contributed by atoms with van der Waals surface area (Å²) in [6.07, 6.45) is -0.391. The van der Waals surface area contributed by atoms with E-state index in [4.69, 9.17) is 33.7 Å². The monoisotopic (exact) mass is 352 g/mol.